The first kappa shape index (κ1) is 12.0. The summed E-state index contributed by atoms with van der Waals surface area (Å²) in [4.78, 5) is 1.22. The van der Waals surface area contributed by atoms with Gasteiger partial charge in [-0.3, -0.25) is 0 Å². The zero-order chi connectivity index (χ0) is 12.0. The largest absolute Gasteiger partial charge is 0.326 e. The molecular formula is C10H16N2O2S2. The summed E-state index contributed by atoms with van der Waals surface area (Å²) >= 11 is 1.38. The number of rotatable bonds is 4. The van der Waals surface area contributed by atoms with Crippen LogP contribution >= 0.6 is 11.3 Å². The van der Waals surface area contributed by atoms with Crippen LogP contribution in [0.15, 0.2) is 16.3 Å². The highest BCUT2D eigenvalue weighted by Gasteiger charge is 2.47. The second-order valence-corrected chi connectivity index (χ2v) is 7.53. The van der Waals surface area contributed by atoms with Gasteiger partial charge in [-0.15, -0.1) is 11.3 Å². The Bertz CT molecular complexity index is 491. The summed E-state index contributed by atoms with van der Waals surface area (Å²) in [5, 5.41) is 1.64. The van der Waals surface area contributed by atoms with E-state index >= 15 is 0 Å². The average Bonchev–Trinajstić information content (AvgIpc) is 2.68. The summed E-state index contributed by atoms with van der Waals surface area (Å²) in [6.07, 6.45) is 0.903. The van der Waals surface area contributed by atoms with E-state index in [1.165, 1.54) is 11.3 Å². The number of hydrogen-bond donors (Lipinski definition) is 2. The lowest BCUT2D eigenvalue weighted by Crippen LogP contribution is -2.28. The van der Waals surface area contributed by atoms with Gasteiger partial charge in [0.15, 0.2) is 0 Å². The van der Waals surface area contributed by atoms with Crippen molar-refractivity contribution < 1.29 is 8.42 Å². The predicted octanol–water partition coefficient (Wildman–Crippen LogP) is 1.28. The van der Waals surface area contributed by atoms with Gasteiger partial charge >= 0.3 is 0 Å². The highest BCUT2D eigenvalue weighted by Crippen LogP contribution is 2.45. The minimum Gasteiger partial charge on any atom is -0.326 e. The molecule has 16 heavy (non-hydrogen) atoms. The smallest absolute Gasteiger partial charge is 0.241 e. The first-order valence-electron chi connectivity index (χ1n) is 5.15. The summed E-state index contributed by atoms with van der Waals surface area (Å²) in [5.74, 6) is 0. The van der Waals surface area contributed by atoms with Crippen LogP contribution in [0.4, 0.5) is 0 Å². The summed E-state index contributed by atoms with van der Waals surface area (Å²) < 4.78 is 26.6. The van der Waals surface area contributed by atoms with Gasteiger partial charge < -0.3 is 5.73 Å². The lowest BCUT2D eigenvalue weighted by atomic mass is 10.2. The van der Waals surface area contributed by atoms with Crippen LogP contribution in [0, 0.1) is 5.41 Å². The number of nitrogens with one attached hydrogen (secondary N) is 1. The summed E-state index contributed by atoms with van der Waals surface area (Å²) in [6.45, 7) is 4.49. The molecule has 1 unspecified atom stereocenters. The number of thiophene rings is 1. The van der Waals surface area contributed by atoms with E-state index < -0.39 is 10.0 Å². The van der Waals surface area contributed by atoms with Gasteiger partial charge in [0.1, 0.15) is 0 Å². The molecule has 0 amide bonds. The van der Waals surface area contributed by atoms with Crippen LogP contribution in [-0.4, -0.2) is 14.5 Å². The first-order chi connectivity index (χ1) is 7.35. The van der Waals surface area contributed by atoms with Crippen molar-refractivity contribution in [2.45, 2.75) is 37.8 Å². The molecule has 0 saturated heterocycles. The van der Waals surface area contributed by atoms with E-state index in [1.54, 1.807) is 11.4 Å². The molecule has 0 radical (unpaired) electrons. The standard InChI is InChI=1S/C10H16N2O2S2/c1-10(2)4-9(10)12-16(13,14)8-3-7(5-11)15-6-8/h3,6,9,12H,4-5,11H2,1-2H3. The van der Waals surface area contributed by atoms with Crippen molar-refractivity contribution in [1.82, 2.24) is 4.72 Å². The van der Waals surface area contributed by atoms with Crippen molar-refractivity contribution in [3.05, 3.63) is 16.3 Å². The number of sulfonamides is 1. The van der Waals surface area contributed by atoms with Crippen LogP contribution in [0.5, 0.6) is 0 Å². The van der Waals surface area contributed by atoms with Gasteiger partial charge in [0.25, 0.3) is 0 Å². The van der Waals surface area contributed by atoms with Gasteiger partial charge in [0.2, 0.25) is 10.0 Å². The average molecular weight is 260 g/mol. The molecule has 2 rings (SSSR count). The summed E-state index contributed by atoms with van der Waals surface area (Å²) in [6, 6.07) is 1.71. The Kier molecular flexibility index (Phi) is 2.86. The number of hydrogen-bond acceptors (Lipinski definition) is 4. The molecule has 1 heterocycles. The van der Waals surface area contributed by atoms with Crippen molar-refractivity contribution in [2.75, 3.05) is 0 Å². The monoisotopic (exact) mass is 260 g/mol. The lowest BCUT2D eigenvalue weighted by Gasteiger charge is -2.06. The van der Waals surface area contributed by atoms with E-state index in [1.807, 2.05) is 0 Å². The van der Waals surface area contributed by atoms with Gasteiger partial charge in [-0.25, -0.2) is 13.1 Å². The van der Waals surface area contributed by atoms with Crippen LogP contribution in [0.3, 0.4) is 0 Å². The summed E-state index contributed by atoms with van der Waals surface area (Å²) in [7, 11) is -3.35. The molecule has 1 aromatic rings. The Hall–Kier alpha value is -0.430. The highest BCUT2D eigenvalue weighted by atomic mass is 32.2. The highest BCUT2D eigenvalue weighted by molar-refractivity contribution is 7.89. The van der Waals surface area contributed by atoms with Crippen molar-refractivity contribution in [2.24, 2.45) is 11.1 Å². The molecule has 4 nitrogen and oxygen atoms in total. The van der Waals surface area contributed by atoms with Gasteiger partial charge in [0.05, 0.1) is 4.90 Å². The van der Waals surface area contributed by atoms with Crippen LogP contribution < -0.4 is 10.5 Å². The zero-order valence-corrected chi connectivity index (χ0v) is 11.0. The maximum absolute atomic E-state index is 12.0. The Morgan fingerprint density at radius 1 is 1.62 bits per heavy atom. The zero-order valence-electron chi connectivity index (χ0n) is 9.36. The molecule has 3 N–H and O–H groups in total. The lowest BCUT2D eigenvalue weighted by molar-refractivity contribution is 0.555. The molecule has 0 aromatic carbocycles. The molecule has 1 aromatic heterocycles. The fourth-order valence-corrected chi connectivity index (χ4v) is 4.09. The van der Waals surface area contributed by atoms with Crippen LogP contribution in [0.2, 0.25) is 0 Å². The molecule has 0 spiro atoms. The van der Waals surface area contributed by atoms with Gasteiger partial charge in [-0.05, 0) is 17.9 Å². The molecule has 1 atom stereocenters. The van der Waals surface area contributed by atoms with Gasteiger partial charge in [-0.2, -0.15) is 0 Å². The second-order valence-electron chi connectivity index (χ2n) is 4.82. The fraction of sp³-hybridized carbons (Fsp3) is 0.600. The molecule has 1 fully saturated rings. The molecule has 0 bridgehead atoms. The van der Waals surface area contributed by atoms with E-state index in [2.05, 4.69) is 18.6 Å². The quantitative estimate of drug-likeness (QED) is 0.856. The van der Waals surface area contributed by atoms with Crippen molar-refractivity contribution in [1.29, 1.82) is 0 Å². The molecule has 90 valence electrons. The molecule has 1 saturated carbocycles. The summed E-state index contributed by atoms with van der Waals surface area (Å²) in [5.41, 5.74) is 5.56. The van der Waals surface area contributed by atoms with Gasteiger partial charge in [0, 0.05) is 22.8 Å². The van der Waals surface area contributed by atoms with E-state index in [9.17, 15) is 8.42 Å². The van der Waals surface area contributed by atoms with E-state index in [0.29, 0.717) is 11.4 Å². The van der Waals surface area contributed by atoms with Crippen molar-refractivity contribution in [3.8, 4) is 0 Å². The van der Waals surface area contributed by atoms with Crippen molar-refractivity contribution >= 4 is 21.4 Å². The fourth-order valence-electron chi connectivity index (χ4n) is 1.53. The Morgan fingerprint density at radius 2 is 2.25 bits per heavy atom. The van der Waals surface area contributed by atoms with E-state index in [4.69, 9.17) is 5.73 Å². The second kappa shape index (κ2) is 3.80. The predicted molar refractivity (Wildman–Crippen MR) is 64.7 cm³/mol. The Balaban J connectivity index is 2.13. The molecule has 6 heteroatoms. The van der Waals surface area contributed by atoms with Gasteiger partial charge in [-0.1, -0.05) is 13.8 Å². The minimum atomic E-state index is -3.35. The maximum Gasteiger partial charge on any atom is 0.241 e. The topological polar surface area (TPSA) is 72.2 Å². The van der Waals surface area contributed by atoms with Crippen molar-refractivity contribution in [3.63, 3.8) is 0 Å². The molecule has 1 aliphatic rings. The third-order valence-electron chi connectivity index (χ3n) is 2.95. The molecular weight excluding hydrogens is 244 g/mol. The maximum atomic E-state index is 12.0. The third-order valence-corrected chi connectivity index (χ3v) is 5.51. The molecule has 0 aliphatic heterocycles. The van der Waals surface area contributed by atoms with Crippen LogP contribution in [0.25, 0.3) is 0 Å². The SMILES string of the molecule is CC1(C)CC1NS(=O)(=O)c1csc(CN)c1. The minimum absolute atomic E-state index is 0.0683. The Labute approximate surface area is 99.9 Å². The normalized spacial score (nSPS) is 23.3. The van der Waals surface area contributed by atoms with E-state index in [-0.39, 0.29) is 11.5 Å². The van der Waals surface area contributed by atoms with Crippen LogP contribution in [0.1, 0.15) is 25.1 Å². The Morgan fingerprint density at radius 3 is 2.69 bits per heavy atom. The van der Waals surface area contributed by atoms with E-state index in [0.717, 1.165) is 11.3 Å². The third kappa shape index (κ3) is 2.29. The first-order valence-corrected chi connectivity index (χ1v) is 7.51. The van der Waals surface area contributed by atoms with Crippen LogP contribution in [-0.2, 0) is 16.6 Å². The number of nitrogens with two attached hydrogens (primary N) is 1. The molecule has 1 aliphatic carbocycles.